The van der Waals surface area contributed by atoms with Crippen LogP contribution in [0.2, 0.25) is 0 Å². The van der Waals surface area contributed by atoms with E-state index in [1.807, 2.05) is 18.2 Å². The molecule has 0 saturated heterocycles. The molecule has 0 spiro atoms. The Morgan fingerprint density at radius 2 is 2.12 bits per heavy atom. The third-order valence-corrected chi connectivity index (χ3v) is 4.98. The van der Waals surface area contributed by atoms with E-state index in [4.69, 9.17) is 0 Å². The van der Waals surface area contributed by atoms with Crippen LogP contribution in [-0.4, -0.2) is 26.2 Å². The minimum Gasteiger partial charge on any atom is -0.293 e. The standard InChI is InChI=1S/C11H9BrO3S2/c1-17(14,15)6-10(13)8-5-16-11-7(8)3-2-4-9(11)12/h2-5H,6H2,1H3. The van der Waals surface area contributed by atoms with Gasteiger partial charge in [-0.3, -0.25) is 4.79 Å². The molecule has 17 heavy (non-hydrogen) atoms. The van der Waals surface area contributed by atoms with Crippen LogP contribution in [0, 0.1) is 0 Å². The van der Waals surface area contributed by atoms with Gasteiger partial charge in [0.15, 0.2) is 15.6 Å². The first-order chi connectivity index (χ1) is 7.88. The molecule has 6 heteroatoms. The van der Waals surface area contributed by atoms with Crippen LogP contribution in [-0.2, 0) is 9.84 Å². The number of carbonyl (C=O) groups excluding carboxylic acids is 1. The van der Waals surface area contributed by atoms with Gasteiger partial charge in [0.1, 0.15) is 5.75 Å². The average molecular weight is 333 g/mol. The van der Waals surface area contributed by atoms with Crippen molar-refractivity contribution in [1.29, 1.82) is 0 Å². The molecule has 0 aliphatic rings. The maximum atomic E-state index is 11.9. The van der Waals surface area contributed by atoms with Gasteiger partial charge in [0, 0.05) is 31.8 Å². The molecule has 0 unspecified atom stereocenters. The van der Waals surface area contributed by atoms with Crippen LogP contribution in [0.25, 0.3) is 10.1 Å². The predicted octanol–water partition coefficient (Wildman–Crippen LogP) is 2.89. The monoisotopic (exact) mass is 332 g/mol. The van der Waals surface area contributed by atoms with Gasteiger partial charge >= 0.3 is 0 Å². The molecule has 0 amide bonds. The Labute approximate surface area is 112 Å². The fraction of sp³-hybridized carbons (Fsp3) is 0.182. The largest absolute Gasteiger partial charge is 0.293 e. The maximum Gasteiger partial charge on any atom is 0.179 e. The van der Waals surface area contributed by atoms with Crippen molar-refractivity contribution in [2.45, 2.75) is 0 Å². The van der Waals surface area contributed by atoms with E-state index in [9.17, 15) is 13.2 Å². The zero-order valence-corrected chi connectivity index (χ0v) is 12.2. The minimum atomic E-state index is -3.28. The first kappa shape index (κ1) is 12.7. The predicted molar refractivity (Wildman–Crippen MR) is 73.6 cm³/mol. The highest BCUT2D eigenvalue weighted by Crippen LogP contribution is 2.32. The highest BCUT2D eigenvalue weighted by Gasteiger charge is 2.17. The number of benzene rings is 1. The summed E-state index contributed by atoms with van der Waals surface area (Å²) in [7, 11) is -3.28. The van der Waals surface area contributed by atoms with Crippen molar-refractivity contribution >= 4 is 53.0 Å². The lowest BCUT2D eigenvalue weighted by atomic mass is 10.1. The van der Waals surface area contributed by atoms with E-state index >= 15 is 0 Å². The molecule has 2 rings (SSSR count). The van der Waals surface area contributed by atoms with E-state index in [-0.39, 0.29) is 5.78 Å². The summed E-state index contributed by atoms with van der Waals surface area (Å²) in [5.41, 5.74) is 0.483. The summed E-state index contributed by atoms with van der Waals surface area (Å²) in [6.07, 6.45) is 1.06. The average Bonchev–Trinajstić information content (AvgIpc) is 2.60. The molecule has 0 radical (unpaired) electrons. The van der Waals surface area contributed by atoms with Crippen molar-refractivity contribution in [3.05, 3.63) is 33.6 Å². The van der Waals surface area contributed by atoms with Gasteiger partial charge in [-0.2, -0.15) is 0 Å². The normalized spacial score (nSPS) is 11.9. The molecule has 0 bridgehead atoms. The lowest BCUT2D eigenvalue weighted by Gasteiger charge is -1.98. The van der Waals surface area contributed by atoms with Crippen LogP contribution in [0.4, 0.5) is 0 Å². The second kappa shape index (κ2) is 4.51. The Morgan fingerprint density at radius 3 is 2.76 bits per heavy atom. The van der Waals surface area contributed by atoms with E-state index in [1.165, 1.54) is 11.3 Å². The molecule has 0 saturated carbocycles. The summed E-state index contributed by atoms with van der Waals surface area (Å²) in [4.78, 5) is 11.9. The summed E-state index contributed by atoms with van der Waals surface area (Å²) in [6.45, 7) is 0. The van der Waals surface area contributed by atoms with E-state index in [2.05, 4.69) is 15.9 Å². The van der Waals surface area contributed by atoms with Crippen molar-refractivity contribution in [3.63, 3.8) is 0 Å². The van der Waals surface area contributed by atoms with Crippen molar-refractivity contribution in [2.75, 3.05) is 12.0 Å². The second-order valence-corrected chi connectivity index (χ2v) is 7.63. The van der Waals surface area contributed by atoms with Crippen LogP contribution < -0.4 is 0 Å². The Kier molecular flexibility index (Phi) is 3.38. The van der Waals surface area contributed by atoms with Crippen molar-refractivity contribution in [3.8, 4) is 0 Å². The van der Waals surface area contributed by atoms with Gasteiger partial charge in [-0.15, -0.1) is 11.3 Å². The number of halogens is 1. The molecule has 3 nitrogen and oxygen atoms in total. The molecule has 1 aromatic carbocycles. The van der Waals surface area contributed by atoms with Crippen molar-refractivity contribution < 1.29 is 13.2 Å². The van der Waals surface area contributed by atoms with Gasteiger partial charge in [-0.1, -0.05) is 12.1 Å². The number of carbonyl (C=O) groups is 1. The van der Waals surface area contributed by atoms with E-state index < -0.39 is 15.6 Å². The van der Waals surface area contributed by atoms with Gasteiger partial charge in [-0.25, -0.2) is 8.42 Å². The molecule has 0 N–H and O–H groups in total. The minimum absolute atomic E-state index is 0.350. The molecular formula is C11H9BrO3S2. The third kappa shape index (κ3) is 2.75. The van der Waals surface area contributed by atoms with Crippen LogP contribution in [0.1, 0.15) is 10.4 Å². The first-order valence-electron chi connectivity index (χ1n) is 4.75. The Bertz CT molecular complexity index is 686. The summed E-state index contributed by atoms with van der Waals surface area (Å²) in [5, 5.41) is 2.51. The third-order valence-electron chi connectivity index (χ3n) is 2.25. The number of hydrogen-bond acceptors (Lipinski definition) is 4. The molecule has 2 aromatic rings. The summed E-state index contributed by atoms with van der Waals surface area (Å²) in [5.74, 6) is -0.789. The first-order valence-corrected chi connectivity index (χ1v) is 8.48. The Balaban J connectivity index is 2.50. The zero-order valence-electron chi connectivity index (χ0n) is 8.94. The maximum absolute atomic E-state index is 11.9. The molecule has 0 atom stereocenters. The number of sulfone groups is 1. The lowest BCUT2D eigenvalue weighted by Crippen LogP contribution is -2.14. The van der Waals surface area contributed by atoms with Gasteiger partial charge in [-0.05, 0) is 22.0 Å². The molecule has 0 aliphatic heterocycles. The molecule has 0 fully saturated rings. The summed E-state index contributed by atoms with van der Waals surface area (Å²) < 4.78 is 24.1. The number of ketones is 1. The highest BCUT2D eigenvalue weighted by molar-refractivity contribution is 9.10. The van der Waals surface area contributed by atoms with Gasteiger partial charge in [0.05, 0.1) is 0 Å². The second-order valence-electron chi connectivity index (χ2n) is 3.76. The van der Waals surface area contributed by atoms with Crippen LogP contribution >= 0.6 is 27.3 Å². The van der Waals surface area contributed by atoms with Gasteiger partial charge in [0.2, 0.25) is 0 Å². The molecular weight excluding hydrogens is 324 g/mol. The van der Waals surface area contributed by atoms with E-state index in [0.717, 1.165) is 20.8 Å². The summed E-state index contributed by atoms with van der Waals surface area (Å²) >= 11 is 4.83. The van der Waals surface area contributed by atoms with Crippen molar-refractivity contribution in [2.24, 2.45) is 0 Å². The van der Waals surface area contributed by atoms with Gasteiger partial charge in [0.25, 0.3) is 0 Å². The Morgan fingerprint density at radius 1 is 1.41 bits per heavy atom. The van der Waals surface area contributed by atoms with Crippen molar-refractivity contribution in [1.82, 2.24) is 0 Å². The van der Waals surface area contributed by atoms with Gasteiger partial charge < -0.3 is 0 Å². The Hall–Kier alpha value is -0.720. The zero-order chi connectivity index (χ0) is 12.6. The SMILES string of the molecule is CS(=O)(=O)CC(=O)c1csc2c(Br)cccc12. The highest BCUT2D eigenvalue weighted by atomic mass is 79.9. The molecule has 1 heterocycles. The quantitative estimate of drug-likeness (QED) is 0.812. The molecule has 90 valence electrons. The van der Waals surface area contributed by atoms with E-state index in [1.54, 1.807) is 5.38 Å². The topological polar surface area (TPSA) is 51.2 Å². The number of fused-ring (bicyclic) bond motifs is 1. The number of rotatable bonds is 3. The fourth-order valence-electron chi connectivity index (χ4n) is 1.55. The van der Waals surface area contributed by atoms with E-state index in [0.29, 0.717) is 5.56 Å². The number of hydrogen-bond donors (Lipinski definition) is 0. The van der Waals surface area contributed by atoms with Crippen LogP contribution in [0.5, 0.6) is 0 Å². The number of Topliss-reactive ketones (excluding diaryl/α,β-unsaturated/α-hetero) is 1. The smallest absolute Gasteiger partial charge is 0.179 e. The number of thiophene rings is 1. The molecule has 1 aromatic heterocycles. The van der Waals surface area contributed by atoms with Crippen LogP contribution in [0.3, 0.4) is 0 Å². The summed E-state index contributed by atoms with van der Waals surface area (Å²) in [6, 6.07) is 5.55. The fourth-order valence-corrected chi connectivity index (χ4v) is 3.81. The lowest BCUT2D eigenvalue weighted by molar-refractivity contribution is 0.102. The molecule has 0 aliphatic carbocycles. The van der Waals surface area contributed by atoms with Crippen LogP contribution in [0.15, 0.2) is 28.1 Å².